The average Bonchev–Trinajstić information content (AvgIpc) is 2.30. The normalized spacial score (nSPS) is 10.4. The summed E-state index contributed by atoms with van der Waals surface area (Å²) in [6.45, 7) is 0. The maximum absolute atomic E-state index is 8.84. The highest BCUT2D eigenvalue weighted by Gasteiger charge is 2.01. The molecule has 1 aromatic carbocycles. The highest BCUT2D eigenvalue weighted by molar-refractivity contribution is 9.10. The highest BCUT2D eigenvalue weighted by atomic mass is 79.9. The van der Waals surface area contributed by atoms with Gasteiger partial charge in [0.05, 0.1) is 11.3 Å². The largest absolute Gasteiger partial charge is 0.271 e. The number of nitrogens with zero attached hydrogens (tertiary/aromatic N) is 3. The summed E-state index contributed by atoms with van der Waals surface area (Å²) in [6, 6.07) is 7.22. The van der Waals surface area contributed by atoms with E-state index in [1.165, 1.54) is 11.8 Å². The Morgan fingerprint density at radius 2 is 2.25 bits per heavy atom. The van der Waals surface area contributed by atoms with Gasteiger partial charge in [0, 0.05) is 4.47 Å². The van der Waals surface area contributed by atoms with Crippen LogP contribution in [0.25, 0.3) is 0 Å². The van der Waals surface area contributed by atoms with E-state index in [2.05, 4.69) is 32.3 Å². The van der Waals surface area contributed by atoms with E-state index in [9.17, 15) is 0 Å². The SMILES string of the molecule is CSC(=Nc1ccc(Br)c(C#N)c1)NC#N. The van der Waals surface area contributed by atoms with E-state index >= 15 is 0 Å². The first kappa shape index (κ1) is 12.6. The predicted molar refractivity (Wildman–Crippen MR) is 68.2 cm³/mol. The molecule has 1 aromatic rings. The van der Waals surface area contributed by atoms with Crippen LogP contribution in [0.3, 0.4) is 0 Å². The molecule has 0 amide bonds. The molecule has 0 heterocycles. The Kier molecular flexibility index (Phi) is 4.84. The van der Waals surface area contributed by atoms with Gasteiger partial charge in [0.1, 0.15) is 6.07 Å². The van der Waals surface area contributed by atoms with E-state index < -0.39 is 0 Å². The maximum Gasteiger partial charge on any atom is 0.183 e. The quantitative estimate of drug-likeness (QED) is 0.374. The zero-order valence-corrected chi connectivity index (χ0v) is 10.8. The van der Waals surface area contributed by atoms with Gasteiger partial charge >= 0.3 is 0 Å². The van der Waals surface area contributed by atoms with Crippen LogP contribution in [0.15, 0.2) is 27.7 Å². The van der Waals surface area contributed by atoms with Crippen molar-refractivity contribution in [2.75, 3.05) is 6.26 Å². The summed E-state index contributed by atoms with van der Waals surface area (Å²) in [5.41, 5.74) is 1.14. The molecule has 0 unspecified atom stereocenters. The van der Waals surface area contributed by atoms with Crippen LogP contribution >= 0.6 is 27.7 Å². The number of thioether (sulfide) groups is 1. The van der Waals surface area contributed by atoms with Gasteiger partial charge in [-0.2, -0.15) is 10.5 Å². The van der Waals surface area contributed by atoms with Gasteiger partial charge in [-0.15, -0.1) is 0 Å². The lowest BCUT2D eigenvalue weighted by molar-refractivity contribution is 1.28. The Hall–Kier alpha value is -1.50. The van der Waals surface area contributed by atoms with Crippen LogP contribution in [0.2, 0.25) is 0 Å². The Labute approximate surface area is 106 Å². The van der Waals surface area contributed by atoms with Crippen molar-refractivity contribution in [2.45, 2.75) is 0 Å². The summed E-state index contributed by atoms with van der Waals surface area (Å²) in [4.78, 5) is 4.19. The van der Waals surface area contributed by atoms with Crippen molar-refractivity contribution in [3.63, 3.8) is 0 Å². The lowest BCUT2D eigenvalue weighted by atomic mass is 10.2. The molecule has 0 atom stereocenters. The number of aliphatic imine (C=N–C) groups is 1. The molecule has 0 saturated heterocycles. The van der Waals surface area contributed by atoms with Gasteiger partial charge < -0.3 is 0 Å². The predicted octanol–water partition coefficient (Wildman–Crippen LogP) is 2.74. The number of amidine groups is 1. The van der Waals surface area contributed by atoms with Crippen molar-refractivity contribution in [2.24, 2.45) is 4.99 Å². The van der Waals surface area contributed by atoms with Crippen molar-refractivity contribution >= 4 is 38.5 Å². The number of rotatable bonds is 1. The summed E-state index contributed by atoms with van der Waals surface area (Å²) in [5, 5.41) is 20.3. The van der Waals surface area contributed by atoms with Crippen LogP contribution < -0.4 is 5.32 Å². The number of nitriles is 2. The molecule has 1 rings (SSSR count). The smallest absolute Gasteiger partial charge is 0.183 e. The van der Waals surface area contributed by atoms with Crippen molar-refractivity contribution < 1.29 is 0 Å². The Morgan fingerprint density at radius 1 is 1.50 bits per heavy atom. The lowest BCUT2D eigenvalue weighted by Crippen LogP contribution is -2.12. The van der Waals surface area contributed by atoms with Crippen LogP contribution in [-0.4, -0.2) is 11.4 Å². The molecule has 0 aromatic heterocycles. The number of hydrogen-bond donors (Lipinski definition) is 1. The van der Waals surface area contributed by atoms with Crippen molar-refractivity contribution in [1.29, 1.82) is 10.5 Å². The molecule has 0 bridgehead atoms. The summed E-state index contributed by atoms with van der Waals surface area (Å²) in [5.74, 6) is 0. The Morgan fingerprint density at radius 3 is 2.81 bits per heavy atom. The van der Waals surface area contributed by atoms with Crippen LogP contribution in [-0.2, 0) is 0 Å². The Bertz CT molecular complexity index is 499. The second kappa shape index (κ2) is 6.16. The fraction of sp³-hybridized carbons (Fsp3) is 0.100. The standard InChI is InChI=1S/C10H7BrN4S/c1-16-10(14-6-13)15-8-2-3-9(11)7(4-8)5-12/h2-4H,1H3,(H,14,15). The Balaban J connectivity index is 3.07. The maximum atomic E-state index is 8.84. The zero-order chi connectivity index (χ0) is 12.0. The average molecular weight is 295 g/mol. The van der Waals surface area contributed by atoms with Crippen LogP contribution in [0.5, 0.6) is 0 Å². The van der Waals surface area contributed by atoms with E-state index in [-0.39, 0.29) is 0 Å². The molecule has 1 N–H and O–H groups in total. The fourth-order valence-corrected chi connectivity index (χ4v) is 1.64. The molecule has 0 radical (unpaired) electrons. The molecule has 80 valence electrons. The number of benzene rings is 1. The van der Waals surface area contributed by atoms with E-state index in [0.717, 1.165) is 4.47 Å². The van der Waals surface area contributed by atoms with Crippen molar-refractivity contribution in [1.82, 2.24) is 5.32 Å². The molecule has 0 aliphatic rings. The molecule has 4 nitrogen and oxygen atoms in total. The first-order chi connectivity index (χ1) is 7.71. The van der Waals surface area contributed by atoms with Crippen molar-refractivity contribution in [3.8, 4) is 12.3 Å². The first-order valence-electron chi connectivity index (χ1n) is 4.18. The molecule has 0 aliphatic heterocycles. The minimum absolute atomic E-state index is 0.494. The topological polar surface area (TPSA) is 72.0 Å². The lowest BCUT2D eigenvalue weighted by Gasteiger charge is -2.01. The van der Waals surface area contributed by atoms with Gasteiger partial charge in [0.2, 0.25) is 0 Å². The summed E-state index contributed by atoms with van der Waals surface area (Å²) in [6.07, 6.45) is 3.62. The van der Waals surface area contributed by atoms with Gasteiger partial charge in [0.25, 0.3) is 0 Å². The van der Waals surface area contributed by atoms with Gasteiger partial charge in [0.15, 0.2) is 11.4 Å². The number of nitrogens with one attached hydrogen (secondary N) is 1. The number of hydrogen-bond acceptors (Lipinski definition) is 4. The third kappa shape index (κ3) is 3.27. The monoisotopic (exact) mass is 294 g/mol. The van der Waals surface area contributed by atoms with Crippen molar-refractivity contribution in [3.05, 3.63) is 28.2 Å². The minimum Gasteiger partial charge on any atom is -0.271 e. The van der Waals surface area contributed by atoms with Crippen LogP contribution in [0, 0.1) is 22.8 Å². The zero-order valence-electron chi connectivity index (χ0n) is 8.36. The van der Waals surface area contributed by atoms with E-state index in [1.54, 1.807) is 24.4 Å². The van der Waals surface area contributed by atoms with Crippen LogP contribution in [0.1, 0.15) is 5.56 Å². The van der Waals surface area contributed by atoms with E-state index in [4.69, 9.17) is 10.5 Å². The molecule has 0 aliphatic carbocycles. The molecular formula is C10H7BrN4S. The highest BCUT2D eigenvalue weighted by Crippen LogP contribution is 2.22. The van der Waals surface area contributed by atoms with E-state index in [0.29, 0.717) is 16.4 Å². The van der Waals surface area contributed by atoms with Gasteiger partial charge in [-0.25, -0.2) is 4.99 Å². The molecule has 0 fully saturated rings. The van der Waals surface area contributed by atoms with Crippen LogP contribution in [0.4, 0.5) is 5.69 Å². The first-order valence-corrected chi connectivity index (χ1v) is 6.20. The summed E-state index contributed by atoms with van der Waals surface area (Å²) in [7, 11) is 0. The summed E-state index contributed by atoms with van der Waals surface area (Å²) >= 11 is 4.59. The van der Waals surface area contributed by atoms with Gasteiger partial charge in [-0.3, -0.25) is 5.32 Å². The second-order valence-corrected chi connectivity index (χ2v) is 4.28. The third-order valence-electron chi connectivity index (χ3n) is 1.66. The molecule has 6 heteroatoms. The molecule has 0 saturated carbocycles. The third-order valence-corrected chi connectivity index (χ3v) is 2.93. The second-order valence-electron chi connectivity index (χ2n) is 2.63. The van der Waals surface area contributed by atoms with E-state index in [1.807, 2.05) is 6.26 Å². The summed E-state index contributed by atoms with van der Waals surface area (Å²) < 4.78 is 0.730. The van der Waals surface area contributed by atoms with Gasteiger partial charge in [-0.1, -0.05) is 11.8 Å². The van der Waals surface area contributed by atoms with Gasteiger partial charge in [-0.05, 0) is 40.4 Å². The molecule has 0 spiro atoms. The minimum atomic E-state index is 0.494. The number of halogens is 1. The molecule has 16 heavy (non-hydrogen) atoms. The fourth-order valence-electron chi connectivity index (χ4n) is 0.958. The molecular weight excluding hydrogens is 288 g/mol.